The third kappa shape index (κ3) is 2.11. The van der Waals surface area contributed by atoms with E-state index in [1.54, 1.807) is 0 Å². The molecule has 4 heteroatoms. The van der Waals surface area contributed by atoms with Crippen LogP contribution in [0.1, 0.15) is 5.56 Å². The summed E-state index contributed by atoms with van der Waals surface area (Å²) >= 11 is 0. The Labute approximate surface area is 146 Å². The first-order valence-corrected chi connectivity index (χ1v) is 8.33. The number of amidine groups is 1. The molecule has 2 aliphatic rings. The topological polar surface area (TPSA) is 28.1 Å². The number of anilines is 3. The largest absolute Gasteiger partial charge is 0.371 e. The highest BCUT2D eigenvalue weighted by molar-refractivity contribution is 6.19. The second-order valence-corrected chi connectivity index (χ2v) is 6.24. The van der Waals surface area contributed by atoms with Gasteiger partial charge in [-0.05, 0) is 35.9 Å². The van der Waals surface area contributed by atoms with Crippen molar-refractivity contribution in [1.29, 1.82) is 0 Å². The zero-order valence-electron chi connectivity index (χ0n) is 13.9. The molecule has 3 aromatic carbocycles. The molecule has 0 aliphatic carbocycles. The quantitative estimate of drug-likeness (QED) is 0.689. The second-order valence-electron chi connectivity index (χ2n) is 6.24. The summed E-state index contributed by atoms with van der Waals surface area (Å²) in [6.45, 7) is 0.463. The van der Waals surface area contributed by atoms with E-state index in [9.17, 15) is 0 Å². The zero-order chi connectivity index (χ0) is 16.8. The predicted molar refractivity (Wildman–Crippen MR) is 101 cm³/mol. The minimum Gasteiger partial charge on any atom is -0.371 e. The van der Waals surface area contributed by atoms with Crippen LogP contribution in [0.3, 0.4) is 0 Å². The molecule has 3 aromatic rings. The highest BCUT2D eigenvalue weighted by atomic mass is 16.7. The number of benzene rings is 3. The lowest BCUT2D eigenvalue weighted by Gasteiger charge is -2.29. The van der Waals surface area contributed by atoms with E-state index in [0.717, 1.165) is 28.5 Å². The lowest BCUT2D eigenvalue weighted by Crippen LogP contribution is -2.31. The fraction of sp³-hybridized carbons (Fsp3) is 0.0952. The lowest BCUT2D eigenvalue weighted by molar-refractivity contribution is 0.174. The molecule has 0 saturated carbocycles. The van der Waals surface area contributed by atoms with Crippen LogP contribution in [-0.4, -0.2) is 19.6 Å². The maximum atomic E-state index is 5.39. The first kappa shape index (κ1) is 14.1. The van der Waals surface area contributed by atoms with Crippen LogP contribution in [0.2, 0.25) is 0 Å². The Kier molecular flexibility index (Phi) is 3.04. The minimum absolute atomic E-state index is 0.463. The third-order valence-corrected chi connectivity index (χ3v) is 4.85. The van der Waals surface area contributed by atoms with Crippen LogP contribution >= 0.6 is 0 Å². The molecule has 0 spiro atoms. The van der Waals surface area contributed by atoms with Gasteiger partial charge in [0.2, 0.25) is 0 Å². The van der Waals surface area contributed by atoms with E-state index in [2.05, 4.69) is 88.7 Å². The van der Waals surface area contributed by atoms with Crippen LogP contribution in [0.15, 0.2) is 78.0 Å². The zero-order valence-corrected chi connectivity index (χ0v) is 13.9. The van der Waals surface area contributed by atoms with Crippen LogP contribution in [-0.2, 0) is 4.84 Å². The van der Waals surface area contributed by atoms with Gasteiger partial charge in [-0.3, -0.25) is 4.90 Å². The van der Waals surface area contributed by atoms with E-state index in [1.807, 2.05) is 6.07 Å². The van der Waals surface area contributed by atoms with Crippen molar-refractivity contribution in [1.82, 2.24) is 0 Å². The maximum Gasteiger partial charge on any atom is 0.195 e. The standard InChI is InChI=1S/C21H17N3O/c1-23(15-7-3-2-4-8-15)16-11-12-17-18-9-5-6-10-20(18)24-14-25-22-21(24)19(17)13-16/h2-13H,14H2,1H3. The molecule has 5 rings (SSSR count). The van der Waals surface area contributed by atoms with Gasteiger partial charge in [0.1, 0.15) is 0 Å². The number of rotatable bonds is 2. The molecule has 0 aromatic heterocycles. The summed E-state index contributed by atoms with van der Waals surface area (Å²) in [6, 6.07) is 25.3. The van der Waals surface area contributed by atoms with Gasteiger partial charge in [-0.2, -0.15) is 0 Å². The van der Waals surface area contributed by atoms with Crippen molar-refractivity contribution >= 4 is 22.9 Å². The van der Waals surface area contributed by atoms with Gasteiger partial charge < -0.3 is 9.74 Å². The molecular formula is C21H17N3O. The Morgan fingerprint density at radius 3 is 2.52 bits per heavy atom. The third-order valence-electron chi connectivity index (χ3n) is 4.85. The monoisotopic (exact) mass is 327 g/mol. The predicted octanol–water partition coefficient (Wildman–Crippen LogP) is 4.59. The number of nitrogens with zero attached hydrogens (tertiary/aromatic N) is 3. The Hall–Kier alpha value is -3.27. The molecular weight excluding hydrogens is 310 g/mol. The first-order valence-electron chi connectivity index (χ1n) is 8.33. The van der Waals surface area contributed by atoms with Crippen molar-refractivity contribution in [2.45, 2.75) is 0 Å². The summed E-state index contributed by atoms with van der Waals surface area (Å²) in [5.74, 6) is 0.886. The van der Waals surface area contributed by atoms with Gasteiger partial charge in [0.15, 0.2) is 12.6 Å². The molecule has 0 bridgehead atoms. The summed E-state index contributed by atoms with van der Waals surface area (Å²) in [5, 5.41) is 4.30. The van der Waals surface area contributed by atoms with E-state index < -0.39 is 0 Å². The van der Waals surface area contributed by atoms with Crippen molar-refractivity contribution in [3.05, 3.63) is 78.4 Å². The van der Waals surface area contributed by atoms with Crippen molar-refractivity contribution in [2.75, 3.05) is 23.6 Å². The first-order chi connectivity index (χ1) is 12.3. The molecule has 0 fully saturated rings. The molecule has 122 valence electrons. The van der Waals surface area contributed by atoms with Crippen molar-refractivity contribution in [3.8, 4) is 11.1 Å². The normalized spacial score (nSPS) is 14.1. The van der Waals surface area contributed by atoms with Gasteiger partial charge in [-0.1, -0.05) is 47.6 Å². The smallest absolute Gasteiger partial charge is 0.195 e. The van der Waals surface area contributed by atoms with Crippen LogP contribution in [0, 0.1) is 0 Å². The number of para-hydroxylation sites is 2. The average molecular weight is 327 g/mol. The van der Waals surface area contributed by atoms with Crippen LogP contribution in [0.5, 0.6) is 0 Å². The molecule has 2 aliphatic heterocycles. The summed E-state index contributed by atoms with van der Waals surface area (Å²) < 4.78 is 0. The van der Waals surface area contributed by atoms with Gasteiger partial charge in [0, 0.05) is 29.5 Å². The van der Waals surface area contributed by atoms with Crippen molar-refractivity contribution in [3.63, 3.8) is 0 Å². The molecule has 4 nitrogen and oxygen atoms in total. The van der Waals surface area contributed by atoms with Crippen LogP contribution in [0.25, 0.3) is 11.1 Å². The van der Waals surface area contributed by atoms with E-state index in [0.29, 0.717) is 6.73 Å². The van der Waals surface area contributed by atoms with Crippen LogP contribution < -0.4 is 9.80 Å². The molecule has 0 unspecified atom stereocenters. The van der Waals surface area contributed by atoms with Gasteiger partial charge >= 0.3 is 0 Å². The van der Waals surface area contributed by atoms with Crippen LogP contribution in [0.4, 0.5) is 17.1 Å². The van der Waals surface area contributed by atoms with Gasteiger partial charge in [0.25, 0.3) is 0 Å². The Morgan fingerprint density at radius 1 is 0.840 bits per heavy atom. The second kappa shape index (κ2) is 5.38. The van der Waals surface area contributed by atoms with Crippen molar-refractivity contribution in [2.24, 2.45) is 5.16 Å². The molecule has 0 saturated heterocycles. The summed E-state index contributed by atoms with van der Waals surface area (Å²) in [4.78, 5) is 9.70. The fourth-order valence-corrected chi connectivity index (χ4v) is 3.53. The highest BCUT2D eigenvalue weighted by Crippen LogP contribution is 2.42. The Morgan fingerprint density at radius 2 is 1.64 bits per heavy atom. The molecule has 0 radical (unpaired) electrons. The summed E-state index contributed by atoms with van der Waals surface area (Å²) in [5.41, 5.74) is 6.95. The summed E-state index contributed by atoms with van der Waals surface area (Å²) in [7, 11) is 2.08. The molecule has 0 atom stereocenters. The van der Waals surface area contributed by atoms with Gasteiger partial charge in [-0.15, -0.1) is 0 Å². The Balaban J connectivity index is 1.66. The number of hydrogen-bond donors (Lipinski definition) is 0. The van der Waals surface area contributed by atoms with E-state index in [1.165, 1.54) is 11.1 Å². The van der Waals surface area contributed by atoms with E-state index in [-0.39, 0.29) is 0 Å². The van der Waals surface area contributed by atoms with E-state index in [4.69, 9.17) is 4.84 Å². The molecule has 0 amide bonds. The van der Waals surface area contributed by atoms with Gasteiger partial charge in [-0.25, -0.2) is 0 Å². The highest BCUT2D eigenvalue weighted by Gasteiger charge is 2.32. The number of hydrogen-bond acceptors (Lipinski definition) is 4. The van der Waals surface area contributed by atoms with Gasteiger partial charge in [0.05, 0.1) is 5.69 Å². The Bertz CT molecular complexity index is 981. The molecule has 25 heavy (non-hydrogen) atoms. The number of fused-ring (bicyclic) bond motifs is 6. The van der Waals surface area contributed by atoms with Crippen molar-refractivity contribution < 1.29 is 4.84 Å². The van der Waals surface area contributed by atoms with E-state index >= 15 is 0 Å². The minimum atomic E-state index is 0.463. The fourth-order valence-electron chi connectivity index (χ4n) is 3.53. The SMILES string of the molecule is CN(c1ccccc1)c1ccc2c(c1)C1=NOCN1c1ccccc1-2. The number of oxime groups is 1. The lowest BCUT2D eigenvalue weighted by atomic mass is 9.92. The molecule has 0 N–H and O–H groups in total. The molecule has 2 heterocycles. The maximum absolute atomic E-state index is 5.39. The summed E-state index contributed by atoms with van der Waals surface area (Å²) in [6.07, 6.45) is 0. The average Bonchev–Trinajstić information content (AvgIpc) is 3.18.